The number of thiophene rings is 1. The molecule has 6 rings (SSSR count). The Morgan fingerprint density at radius 1 is 0.897 bits per heavy atom. The summed E-state index contributed by atoms with van der Waals surface area (Å²) in [5, 5.41) is 1.95. The van der Waals surface area contributed by atoms with Gasteiger partial charge in [-0.15, -0.1) is 11.3 Å². The number of piperidine rings is 1. The first kappa shape index (κ1) is 25.4. The SMILES string of the molecule is COc1ccccc1N1CCN(C(=O)[C@@H]2CCCN(c3cccc4c3C(=O)N(Cc3cccs3)C4=O)C2)CC1. The second kappa shape index (κ2) is 10.7. The van der Waals surface area contributed by atoms with Crippen molar-refractivity contribution < 1.29 is 19.1 Å². The van der Waals surface area contributed by atoms with E-state index >= 15 is 0 Å². The number of rotatable bonds is 6. The molecule has 2 fully saturated rings. The quantitative estimate of drug-likeness (QED) is 0.435. The summed E-state index contributed by atoms with van der Waals surface area (Å²) < 4.78 is 5.52. The van der Waals surface area contributed by atoms with Crippen molar-refractivity contribution in [2.45, 2.75) is 19.4 Å². The van der Waals surface area contributed by atoms with Crippen LogP contribution in [0.5, 0.6) is 5.75 Å². The van der Waals surface area contributed by atoms with Gasteiger partial charge in [0.05, 0.1) is 42.1 Å². The third-order valence-corrected chi connectivity index (χ3v) is 8.86. The van der Waals surface area contributed by atoms with Gasteiger partial charge in [0.15, 0.2) is 0 Å². The van der Waals surface area contributed by atoms with Gasteiger partial charge in [0, 0.05) is 44.1 Å². The molecule has 0 aliphatic carbocycles. The van der Waals surface area contributed by atoms with Crippen molar-refractivity contribution in [1.82, 2.24) is 9.80 Å². The number of para-hydroxylation sites is 2. The van der Waals surface area contributed by atoms with Gasteiger partial charge in [-0.2, -0.15) is 0 Å². The molecule has 3 amide bonds. The Hall–Kier alpha value is -3.85. The van der Waals surface area contributed by atoms with Crippen LogP contribution in [0.2, 0.25) is 0 Å². The maximum absolute atomic E-state index is 13.6. The van der Waals surface area contributed by atoms with Crippen molar-refractivity contribution in [2.24, 2.45) is 5.92 Å². The lowest BCUT2D eigenvalue weighted by atomic mass is 9.94. The zero-order valence-electron chi connectivity index (χ0n) is 22.0. The van der Waals surface area contributed by atoms with Gasteiger partial charge >= 0.3 is 0 Å². The van der Waals surface area contributed by atoms with Crippen LogP contribution in [0.3, 0.4) is 0 Å². The number of nitrogens with zero attached hydrogens (tertiary/aromatic N) is 4. The Morgan fingerprint density at radius 3 is 2.46 bits per heavy atom. The number of carbonyl (C=O) groups excluding carboxylic acids is 3. The number of hydrogen-bond donors (Lipinski definition) is 0. The number of imide groups is 1. The average Bonchev–Trinajstić information content (AvgIpc) is 3.59. The first-order valence-electron chi connectivity index (χ1n) is 13.5. The Morgan fingerprint density at radius 2 is 1.69 bits per heavy atom. The molecule has 0 radical (unpaired) electrons. The lowest BCUT2D eigenvalue weighted by molar-refractivity contribution is -0.136. The van der Waals surface area contributed by atoms with Crippen LogP contribution in [0.25, 0.3) is 0 Å². The Bertz CT molecular complexity index is 1380. The van der Waals surface area contributed by atoms with Crippen LogP contribution in [-0.2, 0) is 11.3 Å². The molecular weight excluding hydrogens is 512 g/mol. The predicted molar refractivity (Wildman–Crippen MR) is 152 cm³/mol. The van der Waals surface area contributed by atoms with Gasteiger partial charge < -0.3 is 19.4 Å². The summed E-state index contributed by atoms with van der Waals surface area (Å²) in [6.07, 6.45) is 1.69. The van der Waals surface area contributed by atoms with E-state index in [1.54, 1.807) is 13.2 Å². The number of carbonyl (C=O) groups is 3. The molecule has 0 spiro atoms. The van der Waals surface area contributed by atoms with Crippen LogP contribution >= 0.6 is 11.3 Å². The van der Waals surface area contributed by atoms with Gasteiger partial charge in [-0.3, -0.25) is 19.3 Å². The highest BCUT2D eigenvalue weighted by Crippen LogP contribution is 2.35. The second-order valence-electron chi connectivity index (χ2n) is 10.2. The molecule has 0 unspecified atom stereocenters. The van der Waals surface area contributed by atoms with Crippen molar-refractivity contribution in [3.8, 4) is 5.75 Å². The third-order valence-electron chi connectivity index (χ3n) is 8.00. The summed E-state index contributed by atoms with van der Waals surface area (Å²) in [6.45, 7) is 4.43. The summed E-state index contributed by atoms with van der Waals surface area (Å²) >= 11 is 1.53. The lowest BCUT2D eigenvalue weighted by Gasteiger charge is -2.40. The molecule has 1 atom stereocenters. The van der Waals surface area contributed by atoms with Crippen molar-refractivity contribution in [1.29, 1.82) is 0 Å². The topological polar surface area (TPSA) is 73.4 Å². The van der Waals surface area contributed by atoms with E-state index in [0.717, 1.165) is 54.5 Å². The fourth-order valence-corrected chi connectivity index (χ4v) is 6.69. The highest BCUT2D eigenvalue weighted by molar-refractivity contribution is 7.09. The number of methoxy groups -OCH3 is 1. The van der Waals surface area contributed by atoms with E-state index in [1.807, 2.05) is 52.7 Å². The lowest BCUT2D eigenvalue weighted by Crippen LogP contribution is -2.52. The number of ether oxygens (including phenoxy) is 1. The molecule has 4 heterocycles. The third kappa shape index (κ3) is 4.76. The number of fused-ring (bicyclic) bond motifs is 1. The molecule has 0 bridgehead atoms. The van der Waals surface area contributed by atoms with Crippen LogP contribution in [0.1, 0.15) is 38.4 Å². The van der Waals surface area contributed by atoms with E-state index in [0.29, 0.717) is 30.8 Å². The molecule has 202 valence electrons. The van der Waals surface area contributed by atoms with Crippen LogP contribution in [-0.4, -0.2) is 73.9 Å². The minimum absolute atomic E-state index is 0.137. The number of hydrogen-bond acceptors (Lipinski definition) is 7. The highest BCUT2D eigenvalue weighted by Gasteiger charge is 2.40. The molecule has 9 heteroatoms. The van der Waals surface area contributed by atoms with E-state index in [4.69, 9.17) is 4.74 Å². The number of amides is 3. The average molecular weight is 545 g/mol. The monoisotopic (exact) mass is 544 g/mol. The Kier molecular flexibility index (Phi) is 6.99. The molecule has 3 aliphatic rings. The zero-order chi connectivity index (χ0) is 26.9. The minimum Gasteiger partial charge on any atom is -0.495 e. The van der Waals surface area contributed by atoms with Gasteiger partial charge in [0.25, 0.3) is 11.8 Å². The van der Waals surface area contributed by atoms with Crippen LogP contribution in [0, 0.1) is 5.92 Å². The van der Waals surface area contributed by atoms with E-state index < -0.39 is 0 Å². The summed E-state index contributed by atoms with van der Waals surface area (Å²) in [5.41, 5.74) is 2.74. The second-order valence-corrected chi connectivity index (χ2v) is 11.3. The largest absolute Gasteiger partial charge is 0.495 e. The van der Waals surface area contributed by atoms with Crippen LogP contribution < -0.4 is 14.5 Å². The van der Waals surface area contributed by atoms with Gasteiger partial charge in [0.1, 0.15) is 5.75 Å². The summed E-state index contributed by atoms with van der Waals surface area (Å²) in [6, 6.07) is 17.3. The maximum atomic E-state index is 13.6. The number of benzene rings is 2. The number of piperazine rings is 1. The molecule has 1 aromatic heterocycles. The van der Waals surface area contributed by atoms with Crippen molar-refractivity contribution in [3.63, 3.8) is 0 Å². The summed E-state index contributed by atoms with van der Waals surface area (Å²) in [7, 11) is 1.68. The van der Waals surface area contributed by atoms with Crippen molar-refractivity contribution in [3.05, 3.63) is 76.0 Å². The molecule has 2 saturated heterocycles. The highest BCUT2D eigenvalue weighted by atomic mass is 32.1. The normalized spacial score (nSPS) is 19.5. The van der Waals surface area contributed by atoms with Gasteiger partial charge in [-0.25, -0.2) is 0 Å². The van der Waals surface area contributed by atoms with Crippen LogP contribution in [0.4, 0.5) is 11.4 Å². The standard InChI is InChI=1S/C30H32N4O4S/c1-38-26-12-3-2-10-24(26)31-14-16-32(17-15-31)28(35)21-7-5-13-33(19-21)25-11-4-9-23-27(25)30(37)34(29(23)36)20-22-8-6-18-39-22/h2-4,6,8-12,18,21H,5,7,13-17,19-20H2,1H3/t21-/m1/s1. The fourth-order valence-electron chi connectivity index (χ4n) is 6.00. The molecule has 0 saturated carbocycles. The van der Waals surface area contributed by atoms with Gasteiger partial charge in [0.2, 0.25) is 5.91 Å². The maximum Gasteiger partial charge on any atom is 0.264 e. The van der Waals surface area contributed by atoms with E-state index in [9.17, 15) is 14.4 Å². The smallest absolute Gasteiger partial charge is 0.264 e. The summed E-state index contributed by atoms with van der Waals surface area (Å²) in [5.74, 6) is 0.385. The van der Waals surface area contributed by atoms with Crippen molar-refractivity contribution >= 4 is 40.4 Å². The van der Waals surface area contributed by atoms with Gasteiger partial charge in [-0.1, -0.05) is 24.3 Å². The minimum atomic E-state index is -0.250. The Balaban J connectivity index is 1.14. The first-order chi connectivity index (χ1) is 19.0. The number of anilines is 2. The van der Waals surface area contributed by atoms with Gasteiger partial charge in [-0.05, 0) is 48.6 Å². The zero-order valence-corrected chi connectivity index (χ0v) is 22.9. The van der Waals surface area contributed by atoms with E-state index in [2.05, 4.69) is 15.9 Å². The first-order valence-corrected chi connectivity index (χ1v) is 14.4. The Labute approximate surface area is 232 Å². The van der Waals surface area contributed by atoms with Crippen LogP contribution in [0.15, 0.2) is 60.0 Å². The summed E-state index contributed by atoms with van der Waals surface area (Å²) in [4.78, 5) is 48.9. The molecule has 2 aromatic carbocycles. The predicted octanol–water partition coefficient (Wildman–Crippen LogP) is 4.12. The molecule has 3 aromatic rings. The molecule has 0 N–H and O–H groups in total. The fraction of sp³-hybridized carbons (Fsp3) is 0.367. The van der Waals surface area contributed by atoms with E-state index in [1.165, 1.54) is 16.2 Å². The van der Waals surface area contributed by atoms with E-state index in [-0.39, 0.29) is 30.2 Å². The molecular formula is C30H32N4O4S. The van der Waals surface area contributed by atoms with Crippen molar-refractivity contribution in [2.75, 3.05) is 56.2 Å². The molecule has 39 heavy (non-hydrogen) atoms. The molecule has 8 nitrogen and oxygen atoms in total. The molecule has 3 aliphatic heterocycles.